The van der Waals surface area contributed by atoms with Crippen molar-refractivity contribution in [3.05, 3.63) is 29.3 Å². The molecule has 0 aliphatic carbocycles. The average Bonchev–Trinajstić information content (AvgIpc) is 3.14. The van der Waals surface area contributed by atoms with Crippen LogP contribution in [0.2, 0.25) is 0 Å². The Morgan fingerprint density at radius 3 is 2.81 bits per heavy atom. The number of hydrogen-bond acceptors (Lipinski definition) is 3. The minimum absolute atomic E-state index is 0.0981. The number of amides is 1. The third-order valence-electron chi connectivity index (χ3n) is 4.67. The lowest BCUT2D eigenvalue weighted by Gasteiger charge is -2.21. The van der Waals surface area contributed by atoms with E-state index in [1.165, 1.54) is 16.8 Å². The maximum atomic E-state index is 12.3. The normalized spacial score (nSPS) is 19.0. The SMILES string of the molecule is CC(NCc1ccc2c(c1)CCN2C)C(=O)N1CCCC1. The molecule has 0 spiro atoms. The van der Waals surface area contributed by atoms with E-state index in [9.17, 15) is 4.79 Å². The van der Waals surface area contributed by atoms with Crippen LogP contribution in [0.4, 0.5) is 5.69 Å². The van der Waals surface area contributed by atoms with E-state index in [0.717, 1.165) is 45.4 Å². The van der Waals surface area contributed by atoms with Crippen molar-refractivity contribution in [2.75, 3.05) is 31.6 Å². The molecule has 114 valence electrons. The van der Waals surface area contributed by atoms with Gasteiger partial charge in [-0.25, -0.2) is 0 Å². The average molecular weight is 287 g/mol. The van der Waals surface area contributed by atoms with Crippen LogP contribution in [0.1, 0.15) is 30.9 Å². The van der Waals surface area contributed by atoms with Crippen molar-refractivity contribution < 1.29 is 4.79 Å². The molecule has 2 heterocycles. The van der Waals surface area contributed by atoms with E-state index in [1.54, 1.807) is 0 Å². The number of rotatable bonds is 4. The molecule has 0 bridgehead atoms. The summed E-state index contributed by atoms with van der Waals surface area (Å²) in [6.07, 6.45) is 3.43. The van der Waals surface area contributed by atoms with Crippen LogP contribution in [0.5, 0.6) is 0 Å². The maximum absolute atomic E-state index is 12.3. The molecule has 2 aliphatic rings. The van der Waals surface area contributed by atoms with Gasteiger partial charge in [-0.1, -0.05) is 12.1 Å². The Hall–Kier alpha value is -1.55. The Morgan fingerprint density at radius 1 is 1.29 bits per heavy atom. The topological polar surface area (TPSA) is 35.6 Å². The number of carbonyl (C=O) groups excluding carboxylic acids is 1. The second-order valence-electron chi connectivity index (χ2n) is 6.27. The van der Waals surface area contributed by atoms with Gasteiger partial charge in [-0.2, -0.15) is 0 Å². The maximum Gasteiger partial charge on any atom is 0.239 e. The number of benzene rings is 1. The van der Waals surface area contributed by atoms with Gasteiger partial charge >= 0.3 is 0 Å². The lowest BCUT2D eigenvalue weighted by Crippen LogP contribution is -2.43. The van der Waals surface area contributed by atoms with Gasteiger partial charge in [0.1, 0.15) is 0 Å². The zero-order chi connectivity index (χ0) is 14.8. The molecule has 1 amide bonds. The Kier molecular flexibility index (Phi) is 4.15. The van der Waals surface area contributed by atoms with Crippen LogP contribution < -0.4 is 10.2 Å². The van der Waals surface area contributed by atoms with Crippen molar-refractivity contribution >= 4 is 11.6 Å². The van der Waals surface area contributed by atoms with E-state index in [1.807, 2.05) is 11.8 Å². The molecule has 3 rings (SSSR count). The lowest BCUT2D eigenvalue weighted by molar-refractivity contribution is -0.131. The summed E-state index contributed by atoms with van der Waals surface area (Å²) < 4.78 is 0. The Labute approximate surface area is 127 Å². The van der Waals surface area contributed by atoms with Gasteiger partial charge in [0.2, 0.25) is 5.91 Å². The molecule has 1 unspecified atom stereocenters. The monoisotopic (exact) mass is 287 g/mol. The third-order valence-corrected chi connectivity index (χ3v) is 4.67. The first-order valence-electron chi connectivity index (χ1n) is 8.00. The van der Waals surface area contributed by atoms with Crippen molar-refractivity contribution in [1.29, 1.82) is 0 Å². The number of fused-ring (bicyclic) bond motifs is 1. The van der Waals surface area contributed by atoms with Crippen molar-refractivity contribution in [1.82, 2.24) is 10.2 Å². The van der Waals surface area contributed by atoms with Crippen molar-refractivity contribution in [3.8, 4) is 0 Å². The molecule has 1 aromatic carbocycles. The summed E-state index contributed by atoms with van der Waals surface area (Å²) >= 11 is 0. The van der Waals surface area contributed by atoms with Crippen molar-refractivity contribution in [2.45, 2.75) is 38.8 Å². The van der Waals surface area contributed by atoms with Gasteiger partial charge in [-0.15, -0.1) is 0 Å². The summed E-state index contributed by atoms with van der Waals surface area (Å²) in [5.41, 5.74) is 4.04. The van der Waals surface area contributed by atoms with Crippen LogP contribution in [-0.2, 0) is 17.8 Å². The standard InChI is InChI=1S/C17H25N3O/c1-13(17(21)20-8-3-4-9-20)18-12-14-5-6-16-15(11-14)7-10-19(16)2/h5-6,11,13,18H,3-4,7-10,12H2,1-2H3. The molecule has 1 N–H and O–H groups in total. The summed E-state index contributed by atoms with van der Waals surface area (Å²) in [7, 11) is 2.14. The van der Waals surface area contributed by atoms with Crippen LogP contribution in [-0.4, -0.2) is 43.5 Å². The van der Waals surface area contributed by atoms with Crippen LogP contribution in [0.25, 0.3) is 0 Å². The molecule has 1 fully saturated rings. The predicted molar refractivity (Wildman–Crippen MR) is 85.5 cm³/mol. The lowest BCUT2D eigenvalue weighted by atomic mass is 10.1. The molecule has 0 aromatic heterocycles. The van der Waals surface area contributed by atoms with Crippen LogP contribution in [0.15, 0.2) is 18.2 Å². The number of nitrogens with zero attached hydrogens (tertiary/aromatic N) is 2. The third kappa shape index (κ3) is 3.05. The van der Waals surface area contributed by atoms with E-state index in [2.05, 4.69) is 35.5 Å². The molecule has 2 aliphatic heterocycles. The number of carbonyl (C=O) groups is 1. The van der Waals surface area contributed by atoms with Crippen LogP contribution >= 0.6 is 0 Å². The summed E-state index contributed by atoms with van der Waals surface area (Å²) in [6.45, 7) is 5.70. The van der Waals surface area contributed by atoms with E-state index in [0.29, 0.717) is 0 Å². The second-order valence-corrected chi connectivity index (χ2v) is 6.27. The number of likely N-dealkylation sites (N-methyl/N-ethyl adjacent to an activating group) is 1. The predicted octanol–water partition coefficient (Wildman–Crippen LogP) is 1.78. The van der Waals surface area contributed by atoms with Crippen molar-refractivity contribution in [3.63, 3.8) is 0 Å². The molecule has 0 radical (unpaired) electrons. The largest absolute Gasteiger partial charge is 0.374 e. The number of likely N-dealkylation sites (tertiary alicyclic amines) is 1. The summed E-state index contributed by atoms with van der Waals surface area (Å²) in [6, 6.07) is 6.55. The highest BCUT2D eigenvalue weighted by Crippen LogP contribution is 2.27. The van der Waals surface area contributed by atoms with Gasteiger partial charge in [0.05, 0.1) is 6.04 Å². The van der Waals surface area contributed by atoms with Gasteiger partial charge in [0, 0.05) is 38.9 Å². The molecule has 4 heteroatoms. The van der Waals surface area contributed by atoms with Gasteiger partial charge in [0.25, 0.3) is 0 Å². The minimum atomic E-state index is -0.0981. The fraction of sp³-hybridized carbons (Fsp3) is 0.588. The fourth-order valence-corrected chi connectivity index (χ4v) is 3.30. The van der Waals surface area contributed by atoms with Crippen molar-refractivity contribution in [2.24, 2.45) is 0 Å². The zero-order valence-corrected chi connectivity index (χ0v) is 13.1. The summed E-state index contributed by atoms with van der Waals surface area (Å²) in [5, 5.41) is 3.37. The number of hydrogen-bond donors (Lipinski definition) is 1. The highest BCUT2D eigenvalue weighted by Gasteiger charge is 2.23. The summed E-state index contributed by atoms with van der Waals surface area (Å²) in [4.78, 5) is 16.5. The molecule has 0 saturated carbocycles. The van der Waals surface area contributed by atoms with Crippen LogP contribution in [0.3, 0.4) is 0 Å². The highest BCUT2D eigenvalue weighted by molar-refractivity contribution is 5.81. The van der Waals surface area contributed by atoms with E-state index in [4.69, 9.17) is 0 Å². The van der Waals surface area contributed by atoms with Gasteiger partial charge < -0.3 is 15.1 Å². The van der Waals surface area contributed by atoms with E-state index >= 15 is 0 Å². The highest BCUT2D eigenvalue weighted by atomic mass is 16.2. The molecular weight excluding hydrogens is 262 g/mol. The molecule has 1 saturated heterocycles. The molecule has 4 nitrogen and oxygen atoms in total. The molecule has 1 atom stereocenters. The minimum Gasteiger partial charge on any atom is -0.374 e. The first-order chi connectivity index (χ1) is 10.1. The van der Waals surface area contributed by atoms with Gasteiger partial charge in [0.15, 0.2) is 0 Å². The quantitative estimate of drug-likeness (QED) is 0.917. The molecular formula is C17H25N3O. The zero-order valence-electron chi connectivity index (χ0n) is 13.1. The second kappa shape index (κ2) is 6.06. The van der Waals surface area contributed by atoms with E-state index in [-0.39, 0.29) is 11.9 Å². The first kappa shape index (κ1) is 14.4. The summed E-state index contributed by atoms with van der Waals surface area (Å²) in [5.74, 6) is 0.244. The smallest absolute Gasteiger partial charge is 0.239 e. The molecule has 21 heavy (non-hydrogen) atoms. The number of nitrogens with one attached hydrogen (secondary N) is 1. The Balaban J connectivity index is 1.56. The van der Waals surface area contributed by atoms with Gasteiger partial charge in [-0.3, -0.25) is 4.79 Å². The van der Waals surface area contributed by atoms with Crippen LogP contribution in [0, 0.1) is 0 Å². The first-order valence-corrected chi connectivity index (χ1v) is 8.00. The molecule has 1 aromatic rings. The Morgan fingerprint density at radius 2 is 2.05 bits per heavy atom. The fourth-order valence-electron chi connectivity index (χ4n) is 3.30. The Bertz CT molecular complexity index is 523. The number of anilines is 1. The van der Waals surface area contributed by atoms with E-state index < -0.39 is 0 Å². The van der Waals surface area contributed by atoms with Gasteiger partial charge in [-0.05, 0) is 43.4 Å².